The molecular weight excluding hydrogens is 226 g/mol. The number of nitrogens with one attached hydrogen (secondary N) is 1. The van der Waals surface area contributed by atoms with Gasteiger partial charge in [0.25, 0.3) is 0 Å². The minimum absolute atomic E-state index is 0.487. The van der Waals surface area contributed by atoms with E-state index in [-0.39, 0.29) is 0 Å². The third-order valence-corrected chi connectivity index (χ3v) is 2.81. The van der Waals surface area contributed by atoms with Gasteiger partial charge in [-0.15, -0.1) is 5.10 Å². The van der Waals surface area contributed by atoms with Gasteiger partial charge >= 0.3 is 0 Å². The van der Waals surface area contributed by atoms with Crippen LogP contribution in [-0.2, 0) is 6.61 Å². The minimum atomic E-state index is 0.487. The molecule has 0 saturated carbocycles. The van der Waals surface area contributed by atoms with Gasteiger partial charge in [-0.1, -0.05) is 12.1 Å². The van der Waals surface area contributed by atoms with Gasteiger partial charge in [-0.3, -0.25) is 0 Å². The molecule has 1 aromatic carbocycles. The van der Waals surface area contributed by atoms with Crippen molar-refractivity contribution in [2.24, 2.45) is 0 Å². The lowest BCUT2D eigenvalue weighted by Gasteiger charge is -2.12. The van der Waals surface area contributed by atoms with Gasteiger partial charge in [0.1, 0.15) is 6.61 Å². The van der Waals surface area contributed by atoms with E-state index in [1.54, 1.807) is 6.20 Å². The van der Waals surface area contributed by atoms with Crippen LogP contribution in [-0.4, -0.2) is 17.2 Å². The number of aromatic nitrogens is 2. The van der Waals surface area contributed by atoms with Crippen molar-refractivity contribution in [2.75, 3.05) is 12.4 Å². The molecule has 18 heavy (non-hydrogen) atoms. The SMILES string of the molecule is CNc1cccc(C)c1COc1cc(C)cnn1. The van der Waals surface area contributed by atoms with Crippen molar-refractivity contribution in [3.8, 4) is 5.88 Å². The molecule has 0 aliphatic carbocycles. The molecule has 2 aromatic rings. The van der Waals surface area contributed by atoms with Crippen molar-refractivity contribution in [3.63, 3.8) is 0 Å². The van der Waals surface area contributed by atoms with Crippen molar-refractivity contribution < 1.29 is 4.74 Å². The first-order valence-electron chi connectivity index (χ1n) is 5.89. The quantitative estimate of drug-likeness (QED) is 0.897. The molecule has 0 atom stereocenters. The van der Waals surface area contributed by atoms with E-state index in [1.807, 2.05) is 32.2 Å². The first kappa shape index (κ1) is 12.4. The van der Waals surface area contributed by atoms with E-state index >= 15 is 0 Å². The first-order valence-corrected chi connectivity index (χ1v) is 5.89. The first-order chi connectivity index (χ1) is 8.70. The number of nitrogens with zero attached hydrogens (tertiary/aromatic N) is 2. The normalized spacial score (nSPS) is 10.2. The van der Waals surface area contributed by atoms with Gasteiger partial charge in [-0.2, -0.15) is 5.10 Å². The van der Waals surface area contributed by atoms with Crippen LogP contribution in [0.2, 0.25) is 0 Å². The fourth-order valence-corrected chi connectivity index (χ4v) is 1.78. The smallest absolute Gasteiger partial charge is 0.233 e. The second kappa shape index (κ2) is 5.49. The number of rotatable bonds is 4. The molecule has 0 unspecified atom stereocenters. The summed E-state index contributed by atoms with van der Waals surface area (Å²) < 4.78 is 5.68. The van der Waals surface area contributed by atoms with Gasteiger partial charge in [0.05, 0.1) is 6.20 Å². The van der Waals surface area contributed by atoms with Crippen LogP contribution in [0.1, 0.15) is 16.7 Å². The van der Waals surface area contributed by atoms with Crippen LogP contribution in [0.25, 0.3) is 0 Å². The molecule has 0 fully saturated rings. The predicted molar refractivity (Wildman–Crippen MR) is 71.8 cm³/mol. The van der Waals surface area contributed by atoms with Gasteiger partial charge in [-0.05, 0) is 31.0 Å². The zero-order valence-electron chi connectivity index (χ0n) is 10.9. The zero-order valence-corrected chi connectivity index (χ0v) is 10.9. The summed E-state index contributed by atoms with van der Waals surface area (Å²) in [7, 11) is 1.91. The number of benzene rings is 1. The second-order valence-corrected chi connectivity index (χ2v) is 4.21. The Morgan fingerprint density at radius 2 is 2.11 bits per heavy atom. The number of hydrogen-bond donors (Lipinski definition) is 1. The molecule has 1 heterocycles. The van der Waals surface area contributed by atoms with E-state index in [2.05, 4.69) is 28.5 Å². The van der Waals surface area contributed by atoms with E-state index in [4.69, 9.17) is 4.74 Å². The maximum absolute atomic E-state index is 5.68. The van der Waals surface area contributed by atoms with Crippen LogP contribution in [0.4, 0.5) is 5.69 Å². The Hall–Kier alpha value is -2.10. The van der Waals surface area contributed by atoms with Gasteiger partial charge < -0.3 is 10.1 Å². The Kier molecular flexibility index (Phi) is 3.77. The average Bonchev–Trinajstić information content (AvgIpc) is 2.37. The molecule has 4 nitrogen and oxygen atoms in total. The highest BCUT2D eigenvalue weighted by atomic mass is 16.5. The molecule has 0 saturated heterocycles. The number of hydrogen-bond acceptors (Lipinski definition) is 4. The van der Waals surface area contributed by atoms with Crippen molar-refractivity contribution in [1.29, 1.82) is 0 Å². The maximum atomic E-state index is 5.68. The third-order valence-electron chi connectivity index (χ3n) is 2.81. The van der Waals surface area contributed by atoms with Crippen molar-refractivity contribution in [2.45, 2.75) is 20.5 Å². The highest BCUT2D eigenvalue weighted by molar-refractivity contribution is 5.53. The number of ether oxygens (including phenoxy) is 1. The van der Waals surface area contributed by atoms with Crippen molar-refractivity contribution in [3.05, 3.63) is 47.2 Å². The van der Waals surface area contributed by atoms with E-state index < -0.39 is 0 Å². The molecule has 0 spiro atoms. The van der Waals surface area contributed by atoms with E-state index in [0.29, 0.717) is 12.5 Å². The molecule has 0 aliphatic heterocycles. The Morgan fingerprint density at radius 3 is 2.83 bits per heavy atom. The predicted octanol–water partition coefficient (Wildman–Crippen LogP) is 2.71. The summed E-state index contributed by atoms with van der Waals surface area (Å²) in [5.41, 5.74) is 4.46. The van der Waals surface area contributed by atoms with Crippen LogP contribution in [0.5, 0.6) is 5.88 Å². The van der Waals surface area contributed by atoms with Gasteiger partial charge in [0.2, 0.25) is 5.88 Å². The summed E-state index contributed by atoms with van der Waals surface area (Å²) in [4.78, 5) is 0. The highest BCUT2D eigenvalue weighted by Crippen LogP contribution is 2.20. The zero-order chi connectivity index (χ0) is 13.0. The number of aryl methyl sites for hydroxylation is 2. The molecule has 0 bridgehead atoms. The van der Waals surface area contributed by atoms with Gasteiger partial charge in [-0.25, -0.2) is 0 Å². The van der Waals surface area contributed by atoms with Crippen molar-refractivity contribution >= 4 is 5.69 Å². The van der Waals surface area contributed by atoms with Gasteiger partial charge in [0.15, 0.2) is 0 Å². The van der Waals surface area contributed by atoms with Crippen LogP contribution in [0.15, 0.2) is 30.5 Å². The average molecular weight is 243 g/mol. The van der Waals surface area contributed by atoms with Gasteiger partial charge in [0, 0.05) is 24.4 Å². The molecule has 4 heteroatoms. The summed E-state index contributed by atoms with van der Waals surface area (Å²) in [6.07, 6.45) is 1.71. The Morgan fingerprint density at radius 1 is 1.28 bits per heavy atom. The van der Waals surface area contributed by atoms with E-state index in [0.717, 1.165) is 16.8 Å². The Balaban J connectivity index is 2.15. The Labute approximate surface area is 107 Å². The maximum Gasteiger partial charge on any atom is 0.233 e. The monoisotopic (exact) mass is 243 g/mol. The lowest BCUT2D eigenvalue weighted by Crippen LogP contribution is -2.04. The van der Waals surface area contributed by atoms with E-state index in [1.165, 1.54) is 5.56 Å². The third kappa shape index (κ3) is 2.77. The highest BCUT2D eigenvalue weighted by Gasteiger charge is 2.06. The van der Waals surface area contributed by atoms with Crippen LogP contribution in [0, 0.1) is 13.8 Å². The minimum Gasteiger partial charge on any atom is -0.472 e. The molecule has 1 N–H and O–H groups in total. The summed E-state index contributed by atoms with van der Waals surface area (Å²) in [5, 5.41) is 11.0. The topological polar surface area (TPSA) is 47.0 Å². The second-order valence-electron chi connectivity index (χ2n) is 4.21. The van der Waals surface area contributed by atoms with Crippen molar-refractivity contribution in [1.82, 2.24) is 10.2 Å². The molecule has 0 aliphatic rings. The fourth-order valence-electron chi connectivity index (χ4n) is 1.78. The molecule has 1 aromatic heterocycles. The largest absolute Gasteiger partial charge is 0.472 e. The molecule has 2 rings (SSSR count). The molecule has 0 amide bonds. The summed E-state index contributed by atoms with van der Waals surface area (Å²) in [6, 6.07) is 8.01. The van der Waals surface area contributed by atoms with Crippen LogP contribution in [0.3, 0.4) is 0 Å². The van der Waals surface area contributed by atoms with E-state index in [9.17, 15) is 0 Å². The summed E-state index contributed by atoms with van der Waals surface area (Å²) in [5.74, 6) is 0.556. The lowest BCUT2D eigenvalue weighted by molar-refractivity contribution is 0.290. The lowest BCUT2D eigenvalue weighted by atomic mass is 10.1. The summed E-state index contributed by atoms with van der Waals surface area (Å²) >= 11 is 0. The fraction of sp³-hybridized carbons (Fsp3) is 0.286. The summed E-state index contributed by atoms with van der Waals surface area (Å²) in [6.45, 7) is 4.52. The molecule has 94 valence electrons. The van der Waals surface area contributed by atoms with Crippen LogP contribution < -0.4 is 10.1 Å². The standard InChI is InChI=1S/C14H17N3O/c1-10-7-14(17-16-8-10)18-9-12-11(2)5-4-6-13(12)15-3/h4-8,15H,9H2,1-3H3. The van der Waals surface area contributed by atoms with Crippen LogP contribution >= 0.6 is 0 Å². The molecular formula is C14H17N3O. The molecule has 0 radical (unpaired) electrons. The number of anilines is 1. The Bertz CT molecular complexity index is 540.